The van der Waals surface area contributed by atoms with Crippen LogP contribution < -0.4 is 5.32 Å². The Morgan fingerprint density at radius 3 is 2.15 bits per heavy atom. The molecule has 1 aliphatic rings. The number of ether oxygens (including phenoxy) is 1. The van der Waals surface area contributed by atoms with Gasteiger partial charge in [-0.05, 0) is 34.6 Å². The molecule has 0 radical (unpaired) electrons. The number of hydrogen-bond acceptors (Lipinski definition) is 4. The smallest absolute Gasteiger partial charge is 0.407 e. The van der Waals surface area contributed by atoms with Gasteiger partial charge in [0, 0.05) is 38.4 Å². The molecule has 2 aromatic carbocycles. The highest BCUT2D eigenvalue weighted by Crippen LogP contribution is 2.44. The van der Waals surface area contributed by atoms with Crippen LogP contribution in [0.1, 0.15) is 50.2 Å². The van der Waals surface area contributed by atoms with E-state index in [2.05, 4.69) is 29.6 Å². The van der Waals surface area contributed by atoms with Gasteiger partial charge < -0.3 is 20.1 Å². The second-order valence-corrected chi connectivity index (χ2v) is 8.84. The van der Waals surface area contributed by atoms with Gasteiger partial charge in [0.05, 0.1) is 0 Å². The highest BCUT2D eigenvalue weighted by molar-refractivity contribution is 5.79. The number of carbonyl (C=O) groups excluding carboxylic acids is 2. The fraction of sp³-hybridized carbons (Fsp3) is 0.423. The summed E-state index contributed by atoms with van der Waals surface area (Å²) in [5.74, 6) is -1.02. The summed E-state index contributed by atoms with van der Waals surface area (Å²) < 4.78 is 5.61. The molecule has 0 spiro atoms. The number of fused-ring (bicyclic) bond motifs is 3. The molecule has 0 heterocycles. The second-order valence-electron chi connectivity index (χ2n) is 8.84. The number of alkyl carbamates (subject to hydrolysis) is 1. The number of nitrogens with zero attached hydrogens (tertiary/aromatic N) is 1. The van der Waals surface area contributed by atoms with Crippen LogP contribution >= 0.6 is 0 Å². The molecule has 0 bridgehead atoms. The zero-order valence-electron chi connectivity index (χ0n) is 19.4. The van der Waals surface area contributed by atoms with Gasteiger partial charge in [0.1, 0.15) is 6.61 Å². The van der Waals surface area contributed by atoms with Crippen LogP contribution in [0, 0.1) is 5.92 Å². The van der Waals surface area contributed by atoms with E-state index < -0.39 is 12.1 Å². The summed E-state index contributed by atoms with van der Waals surface area (Å²) in [7, 11) is 1.65. The molecular formula is C26H32N2O5. The molecule has 7 nitrogen and oxygen atoms in total. The first-order valence-corrected chi connectivity index (χ1v) is 11.3. The maximum atomic E-state index is 12.6. The van der Waals surface area contributed by atoms with Crippen LogP contribution in [-0.4, -0.2) is 54.2 Å². The van der Waals surface area contributed by atoms with E-state index in [9.17, 15) is 14.4 Å². The summed E-state index contributed by atoms with van der Waals surface area (Å²) in [6, 6.07) is 15.9. The van der Waals surface area contributed by atoms with Crippen molar-refractivity contribution in [2.24, 2.45) is 5.92 Å². The fourth-order valence-electron chi connectivity index (χ4n) is 4.18. The van der Waals surface area contributed by atoms with Gasteiger partial charge in [0.2, 0.25) is 5.91 Å². The number of rotatable bonds is 10. The lowest BCUT2D eigenvalue weighted by Crippen LogP contribution is -2.43. The van der Waals surface area contributed by atoms with Crippen LogP contribution in [0.3, 0.4) is 0 Å². The molecular weight excluding hydrogens is 420 g/mol. The third-order valence-corrected chi connectivity index (χ3v) is 6.16. The van der Waals surface area contributed by atoms with E-state index >= 15 is 0 Å². The average Bonchev–Trinajstić information content (AvgIpc) is 3.10. The minimum Gasteiger partial charge on any atom is -0.481 e. The third kappa shape index (κ3) is 6.12. The quantitative estimate of drug-likeness (QED) is 0.561. The van der Waals surface area contributed by atoms with E-state index in [4.69, 9.17) is 9.84 Å². The predicted molar refractivity (Wildman–Crippen MR) is 126 cm³/mol. The maximum absolute atomic E-state index is 12.6. The van der Waals surface area contributed by atoms with Crippen LogP contribution in [0.2, 0.25) is 0 Å². The number of aliphatic carboxylic acids is 1. The number of carbonyl (C=O) groups is 3. The van der Waals surface area contributed by atoms with Gasteiger partial charge in [-0.25, -0.2) is 4.79 Å². The van der Waals surface area contributed by atoms with Crippen LogP contribution in [0.5, 0.6) is 0 Å². The lowest BCUT2D eigenvalue weighted by molar-refractivity contribution is -0.138. The Morgan fingerprint density at radius 1 is 1.03 bits per heavy atom. The molecule has 0 saturated carbocycles. The molecule has 1 atom stereocenters. The van der Waals surface area contributed by atoms with Crippen LogP contribution in [0.25, 0.3) is 11.1 Å². The van der Waals surface area contributed by atoms with E-state index in [0.717, 1.165) is 11.1 Å². The predicted octanol–water partition coefficient (Wildman–Crippen LogP) is 4.26. The number of hydrogen-bond donors (Lipinski definition) is 2. The number of carboxylic acids is 1. The van der Waals surface area contributed by atoms with Gasteiger partial charge in [0.15, 0.2) is 0 Å². The zero-order valence-corrected chi connectivity index (χ0v) is 19.4. The molecule has 1 aliphatic carbocycles. The monoisotopic (exact) mass is 452 g/mol. The lowest BCUT2D eigenvalue weighted by Gasteiger charge is -2.25. The molecule has 2 aromatic rings. The van der Waals surface area contributed by atoms with Crippen molar-refractivity contribution in [1.82, 2.24) is 10.2 Å². The summed E-state index contributed by atoms with van der Waals surface area (Å²) in [6.07, 6.45) is -0.00448. The Bertz CT molecular complexity index is 958. The molecule has 0 aliphatic heterocycles. The summed E-state index contributed by atoms with van der Waals surface area (Å²) in [6.45, 7) is 4.45. The standard InChI is InChI=1S/C26H32N2O5/c1-17(2)23(15-24(29)28(3)14-8-13-25(30)31)27-26(32)33-16-22-20-11-6-4-9-18(20)19-10-5-7-12-21(19)22/h4-7,9-12,17,22-23H,8,13-16H2,1-3H3,(H,27,32)(H,30,31). The van der Waals surface area contributed by atoms with Crippen molar-refractivity contribution >= 4 is 18.0 Å². The molecule has 0 fully saturated rings. The van der Waals surface area contributed by atoms with Crippen LogP contribution in [-0.2, 0) is 14.3 Å². The Kier molecular flexibility index (Phi) is 8.09. The zero-order chi connectivity index (χ0) is 24.0. The fourth-order valence-corrected chi connectivity index (χ4v) is 4.18. The first-order valence-electron chi connectivity index (χ1n) is 11.3. The Labute approximate surface area is 194 Å². The summed E-state index contributed by atoms with van der Waals surface area (Å²) in [4.78, 5) is 37.3. The SMILES string of the molecule is CC(C)C(CC(=O)N(C)CCCC(=O)O)NC(=O)OCC1c2ccccc2-c2ccccc21. The van der Waals surface area contributed by atoms with E-state index in [0.29, 0.717) is 13.0 Å². The molecule has 7 heteroatoms. The highest BCUT2D eigenvalue weighted by Gasteiger charge is 2.29. The van der Waals surface area contributed by atoms with E-state index in [1.165, 1.54) is 16.0 Å². The number of carboxylic acid groups (broad SMARTS) is 1. The van der Waals surface area contributed by atoms with Crippen LogP contribution in [0.4, 0.5) is 4.79 Å². The van der Waals surface area contributed by atoms with Crippen molar-refractivity contribution < 1.29 is 24.2 Å². The summed E-state index contributed by atoms with van der Waals surface area (Å²) in [5, 5.41) is 11.6. The Balaban J connectivity index is 1.56. The van der Waals surface area contributed by atoms with Crippen molar-refractivity contribution in [3.8, 4) is 11.1 Å². The van der Waals surface area contributed by atoms with E-state index in [1.54, 1.807) is 7.05 Å². The third-order valence-electron chi connectivity index (χ3n) is 6.16. The van der Waals surface area contributed by atoms with Crippen molar-refractivity contribution in [1.29, 1.82) is 0 Å². The van der Waals surface area contributed by atoms with Gasteiger partial charge in [-0.1, -0.05) is 62.4 Å². The van der Waals surface area contributed by atoms with Gasteiger partial charge >= 0.3 is 12.1 Å². The number of nitrogens with one attached hydrogen (secondary N) is 1. The Morgan fingerprint density at radius 2 is 1.61 bits per heavy atom. The molecule has 3 rings (SSSR count). The van der Waals surface area contributed by atoms with Gasteiger partial charge in [-0.15, -0.1) is 0 Å². The maximum Gasteiger partial charge on any atom is 0.407 e. The van der Waals surface area contributed by atoms with Crippen LogP contribution in [0.15, 0.2) is 48.5 Å². The normalized spacial score (nSPS) is 13.2. The second kappa shape index (κ2) is 11.0. The largest absolute Gasteiger partial charge is 0.481 e. The van der Waals surface area contributed by atoms with Gasteiger partial charge in [0.25, 0.3) is 0 Å². The van der Waals surface area contributed by atoms with Crippen molar-refractivity contribution in [2.75, 3.05) is 20.2 Å². The topological polar surface area (TPSA) is 95.9 Å². The minimum atomic E-state index is -0.882. The van der Waals surface area contributed by atoms with Gasteiger partial charge in [-0.3, -0.25) is 9.59 Å². The molecule has 2 amide bonds. The minimum absolute atomic E-state index is 0.0171. The number of amides is 2. The summed E-state index contributed by atoms with van der Waals surface area (Å²) >= 11 is 0. The first kappa shape index (κ1) is 24.3. The van der Waals surface area contributed by atoms with Crippen molar-refractivity contribution in [2.45, 2.75) is 45.1 Å². The molecule has 0 aromatic heterocycles. The van der Waals surface area contributed by atoms with Crippen molar-refractivity contribution in [3.63, 3.8) is 0 Å². The summed E-state index contributed by atoms with van der Waals surface area (Å²) in [5.41, 5.74) is 4.62. The average molecular weight is 453 g/mol. The molecule has 33 heavy (non-hydrogen) atoms. The molecule has 2 N–H and O–H groups in total. The van der Waals surface area contributed by atoms with E-state index in [1.807, 2.05) is 38.1 Å². The molecule has 176 valence electrons. The molecule has 1 unspecified atom stereocenters. The lowest BCUT2D eigenvalue weighted by atomic mass is 9.98. The van der Waals surface area contributed by atoms with Crippen molar-refractivity contribution in [3.05, 3.63) is 59.7 Å². The Hall–Kier alpha value is -3.35. The van der Waals surface area contributed by atoms with E-state index in [-0.39, 0.29) is 43.2 Å². The van der Waals surface area contributed by atoms with Gasteiger partial charge in [-0.2, -0.15) is 0 Å². The number of benzene rings is 2. The highest BCUT2D eigenvalue weighted by atomic mass is 16.5. The first-order chi connectivity index (χ1) is 15.8. The molecule has 0 saturated heterocycles.